The van der Waals surface area contributed by atoms with E-state index < -0.39 is 5.82 Å². The second-order valence-corrected chi connectivity index (χ2v) is 9.14. The number of anilines is 1. The van der Waals surface area contributed by atoms with E-state index >= 15 is 0 Å². The van der Waals surface area contributed by atoms with Crippen LogP contribution >= 0.6 is 0 Å². The molecular formula is C26H21FN10O. The third-order valence-corrected chi connectivity index (χ3v) is 6.61. The number of nitrogens with zero attached hydrogens (tertiary/aromatic N) is 7. The Labute approximate surface area is 215 Å². The number of benzene rings is 1. The Bertz CT molecular complexity index is 1820. The first-order valence-electron chi connectivity index (χ1n) is 11.9. The van der Waals surface area contributed by atoms with Crippen molar-refractivity contribution in [1.29, 1.82) is 0 Å². The predicted octanol–water partition coefficient (Wildman–Crippen LogP) is 3.32. The number of nitrogens with two attached hydrogens (primary N) is 1. The van der Waals surface area contributed by atoms with Crippen molar-refractivity contribution in [3.8, 4) is 39.7 Å². The van der Waals surface area contributed by atoms with Gasteiger partial charge in [0.1, 0.15) is 23.1 Å². The number of ether oxygens (including phenoxy) is 1. The summed E-state index contributed by atoms with van der Waals surface area (Å²) in [6, 6.07) is 8.47. The van der Waals surface area contributed by atoms with E-state index in [0.29, 0.717) is 45.3 Å². The van der Waals surface area contributed by atoms with Gasteiger partial charge in [-0.3, -0.25) is 10.1 Å². The summed E-state index contributed by atoms with van der Waals surface area (Å²) >= 11 is 0. The number of aromatic amines is 2. The minimum atomic E-state index is -0.397. The normalized spacial score (nSPS) is 13.8. The SMILES string of the molecule is COc1cc(F)cc(-c2ccnc3nc(-c4[nH]nc5ncc(-c6cncc(N7CC(N)C7)n6)cc45)[nH]c23)c1. The van der Waals surface area contributed by atoms with E-state index in [4.69, 9.17) is 15.5 Å². The van der Waals surface area contributed by atoms with Gasteiger partial charge in [-0.25, -0.2) is 24.3 Å². The zero-order valence-corrected chi connectivity index (χ0v) is 20.2. The summed E-state index contributed by atoms with van der Waals surface area (Å²) < 4.78 is 19.5. The molecule has 38 heavy (non-hydrogen) atoms. The largest absolute Gasteiger partial charge is 0.497 e. The number of hydrogen-bond donors (Lipinski definition) is 3. The molecule has 0 aliphatic carbocycles. The first-order valence-corrected chi connectivity index (χ1v) is 11.9. The number of rotatable bonds is 5. The maximum atomic E-state index is 14.2. The van der Waals surface area contributed by atoms with Gasteiger partial charge in [-0.2, -0.15) is 5.10 Å². The van der Waals surface area contributed by atoms with E-state index in [9.17, 15) is 4.39 Å². The monoisotopic (exact) mass is 508 g/mol. The van der Waals surface area contributed by atoms with E-state index in [2.05, 4.69) is 40.0 Å². The molecule has 4 N–H and O–H groups in total. The van der Waals surface area contributed by atoms with Crippen molar-refractivity contribution >= 4 is 28.0 Å². The van der Waals surface area contributed by atoms with Crippen LogP contribution in [0.1, 0.15) is 0 Å². The Morgan fingerprint density at radius 1 is 1.03 bits per heavy atom. The Kier molecular flexibility index (Phi) is 5.01. The molecule has 1 saturated heterocycles. The van der Waals surface area contributed by atoms with Crippen LogP contribution in [0.2, 0.25) is 0 Å². The molecule has 5 aromatic heterocycles. The van der Waals surface area contributed by atoms with Crippen molar-refractivity contribution in [3.05, 3.63) is 60.9 Å². The third kappa shape index (κ3) is 3.69. The lowest BCUT2D eigenvalue weighted by Crippen LogP contribution is -2.56. The third-order valence-electron chi connectivity index (χ3n) is 6.61. The molecule has 0 amide bonds. The van der Waals surface area contributed by atoms with Crippen molar-refractivity contribution in [2.24, 2.45) is 5.73 Å². The number of hydrogen-bond acceptors (Lipinski definition) is 9. The van der Waals surface area contributed by atoms with E-state index in [0.717, 1.165) is 35.4 Å². The van der Waals surface area contributed by atoms with Crippen molar-refractivity contribution < 1.29 is 9.13 Å². The van der Waals surface area contributed by atoms with Gasteiger partial charge in [-0.15, -0.1) is 0 Å². The second kappa shape index (κ2) is 8.56. The fourth-order valence-corrected chi connectivity index (χ4v) is 4.67. The summed E-state index contributed by atoms with van der Waals surface area (Å²) in [5.74, 6) is 1.33. The van der Waals surface area contributed by atoms with Crippen LogP contribution < -0.4 is 15.4 Å². The summed E-state index contributed by atoms with van der Waals surface area (Å²) in [5, 5.41) is 8.15. The number of nitrogens with one attached hydrogen (secondary N) is 2. The lowest BCUT2D eigenvalue weighted by atomic mass is 10.1. The van der Waals surface area contributed by atoms with Gasteiger partial charge < -0.3 is 20.4 Å². The molecule has 0 bridgehead atoms. The van der Waals surface area contributed by atoms with Gasteiger partial charge >= 0.3 is 0 Å². The van der Waals surface area contributed by atoms with Crippen LogP contribution in [0.25, 0.3) is 56.1 Å². The molecule has 1 aromatic carbocycles. The Hall–Kier alpha value is -4.97. The molecule has 1 aliphatic rings. The lowest BCUT2D eigenvalue weighted by molar-refractivity contribution is 0.411. The van der Waals surface area contributed by atoms with Crippen LogP contribution in [-0.2, 0) is 0 Å². The van der Waals surface area contributed by atoms with Crippen molar-refractivity contribution in [1.82, 2.24) is 40.1 Å². The summed E-state index contributed by atoms with van der Waals surface area (Å²) in [6.45, 7) is 1.51. The van der Waals surface area contributed by atoms with Gasteiger partial charge in [0.05, 0.1) is 36.1 Å². The molecule has 188 valence electrons. The highest BCUT2D eigenvalue weighted by Crippen LogP contribution is 2.33. The Morgan fingerprint density at radius 3 is 2.76 bits per heavy atom. The van der Waals surface area contributed by atoms with Crippen molar-refractivity contribution in [3.63, 3.8) is 0 Å². The molecule has 0 atom stereocenters. The van der Waals surface area contributed by atoms with E-state index in [1.165, 1.54) is 19.2 Å². The quantitative estimate of drug-likeness (QED) is 0.319. The molecule has 6 heterocycles. The summed E-state index contributed by atoms with van der Waals surface area (Å²) in [6.07, 6.45) is 6.80. The number of imidazole rings is 1. The lowest BCUT2D eigenvalue weighted by Gasteiger charge is -2.37. The Balaban J connectivity index is 1.30. The molecule has 1 aliphatic heterocycles. The molecule has 11 nitrogen and oxygen atoms in total. The number of H-pyrrole nitrogens is 2. The number of methoxy groups -OCH3 is 1. The molecular weight excluding hydrogens is 487 g/mol. The highest BCUT2D eigenvalue weighted by Gasteiger charge is 2.25. The van der Waals surface area contributed by atoms with Crippen molar-refractivity contribution in [2.75, 3.05) is 25.1 Å². The van der Waals surface area contributed by atoms with Crippen LogP contribution in [0, 0.1) is 5.82 Å². The van der Waals surface area contributed by atoms with Gasteiger partial charge in [-0.1, -0.05) is 0 Å². The van der Waals surface area contributed by atoms with E-state index in [1.807, 2.05) is 6.07 Å². The standard InChI is InChI=1S/C26H21FN10O/c1-38-17-5-13(4-15(27)7-17)18-2-3-30-25-22(18)33-26(34-25)23-19-6-14(8-31-24(19)36-35-23)20-9-29-10-21(32-20)37-11-16(28)12-37/h2-10,16H,11-12,28H2,1H3,(H,30,33,34)(H,31,35,36). The highest BCUT2D eigenvalue weighted by atomic mass is 19.1. The predicted molar refractivity (Wildman–Crippen MR) is 140 cm³/mol. The smallest absolute Gasteiger partial charge is 0.181 e. The minimum Gasteiger partial charge on any atom is -0.497 e. The minimum absolute atomic E-state index is 0.161. The summed E-state index contributed by atoms with van der Waals surface area (Å²) in [4.78, 5) is 28.1. The van der Waals surface area contributed by atoms with Crippen LogP contribution in [0.5, 0.6) is 5.75 Å². The maximum absolute atomic E-state index is 14.2. The fraction of sp³-hybridized carbons (Fsp3) is 0.154. The van der Waals surface area contributed by atoms with Crippen LogP contribution in [-0.4, -0.2) is 66.3 Å². The van der Waals surface area contributed by atoms with Gasteiger partial charge in [0.25, 0.3) is 0 Å². The second-order valence-electron chi connectivity index (χ2n) is 9.14. The average Bonchev–Trinajstić information content (AvgIpc) is 3.54. The first-order chi connectivity index (χ1) is 18.6. The molecule has 6 aromatic rings. The molecule has 0 radical (unpaired) electrons. The zero-order valence-electron chi connectivity index (χ0n) is 20.2. The van der Waals surface area contributed by atoms with E-state index in [1.54, 1.807) is 36.9 Å². The molecule has 12 heteroatoms. The number of halogens is 1. The summed E-state index contributed by atoms with van der Waals surface area (Å²) in [7, 11) is 1.50. The molecule has 0 saturated carbocycles. The van der Waals surface area contributed by atoms with E-state index in [-0.39, 0.29) is 6.04 Å². The van der Waals surface area contributed by atoms with Gasteiger partial charge in [0.2, 0.25) is 0 Å². The van der Waals surface area contributed by atoms with Crippen LogP contribution in [0.4, 0.5) is 10.2 Å². The fourth-order valence-electron chi connectivity index (χ4n) is 4.67. The zero-order chi connectivity index (χ0) is 25.8. The molecule has 1 fully saturated rings. The average molecular weight is 509 g/mol. The topological polar surface area (TPSA) is 147 Å². The number of aromatic nitrogens is 8. The maximum Gasteiger partial charge on any atom is 0.181 e. The van der Waals surface area contributed by atoms with Gasteiger partial charge in [0, 0.05) is 48.7 Å². The summed E-state index contributed by atoms with van der Waals surface area (Å²) in [5.41, 5.74) is 11.1. The molecule has 0 spiro atoms. The highest BCUT2D eigenvalue weighted by molar-refractivity contribution is 5.96. The van der Waals surface area contributed by atoms with Crippen LogP contribution in [0.3, 0.4) is 0 Å². The Morgan fingerprint density at radius 2 is 1.92 bits per heavy atom. The number of pyridine rings is 2. The molecule has 0 unspecified atom stereocenters. The van der Waals surface area contributed by atoms with Gasteiger partial charge in [0.15, 0.2) is 17.1 Å². The van der Waals surface area contributed by atoms with Crippen molar-refractivity contribution in [2.45, 2.75) is 6.04 Å². The number of fused-ring (bicyclic) bond motifs is 2. The van der Waals surface area contributed by atoms with Gasteiger partial charge in [-0.05, 0) is 29.8 Å². The molecule has 7 rings (SSSR count). The van der Waals surface area contributed by atoms with Crippen LogP contribution in [0.15, 0.2) is 55.1 Å². The first kappa shape index (κ1) is 22.2.